The second kappa shape index (κ2) is 8.65. The first kappa shape index (κ1) is 19.0. The van der Waals surface area contributed by atoms with Crippen molar-refractivity contribution in [3.8, 4) is 0 Å². The van der Waals surface area contributed by atoms with Gasteiger partial charge < -0.3 is 14.5 Å². The van der Waals surface area contributed by atoms with Crippen LogP contribution < -0.4 is 4.90 Å². The summed E-state index contributed by atoms with van der Waals surface area (Å²) in [6.45, 7) is 5.56. The lowest BCUT2D eigenvalue weighted by Gasteiger charge is -2.31. The number of hydrogen-bond acceptors (Lipinski definition) is 4. The Labute approximate surface area is 148 Å². The van der Waals surface area contributed by atoms with Gasteiger partial charge in [0.2, 0.25) is 11.8 Å². The number of carbonyl (C=O) groups is 3. The molecule has 0 aliphatic carbocycles. The fourth-order valence-corrected chi connectivity index (χ4v) is 3.15. The van der Waals surface area contributed by atoms with Crippen LogP contribution in [0.2, 0.25) is 0 Å². The van der Waals surface area contributed by atoms with Crippen molar-refractivity contribution in [1.29, 1.82) is 0 Å². The fourth-order valence-electron chi connectivity index (χ4n) is 3.15. The standard InChI is InChI=1S/C19H26N2O4/c1-14-5-4-11-20(13-14)18(23)10-12-21(15(2)22)17-8-6-16(7-9-17)19(24)25-3/h6-9,14H,4-5,10-13H2,1-3H3. The molecule has 2 rings (SSSR count). The van der Waals surface area contributed by atoms with Gasteiger partial charge in [0.15, 0.2) is 0 Å². The van der Waals surface area contributed by atoms with Crippen LogP contribution >= 0.6 is 0 Å². The number of hydrogen-bond donors (Lipinski definition) is 0. The smallest absolute Gasteiger partial charge is 0.337 e. The maximum Gasteiger partial charge on any atom is 0.337 e. The quantitative estimate of drug-likeness (QED) is 0.768. The van der Waals surface area contributed by atoms with Gasteiger partial charge in [0.1, 0.15) is 0 Å². The average Bonchev–Trinajstić information content (AvgIpc) is 2.61. The van der Waals surface area contributed by atoms with Gasteiger partial charge in [0.05, 0.1) is 12.7 Å². The van der Waals surface area contributed by atoms with Crippen molar-refractivity contribution in [2.24, 2.45) is 5.92 Å². The topological polar surface area (TPSA) is 66.9 Å². The molecule has 0 radical (unpaired) electrons. The van der Waals surface area contributed by atoms with E-state index in [0.717, 1.165) is 25.9 Å². The van der Waals surface area contributed by atoms with Crippen molar-refractivity contribution < 1.29 is 19.1 Å². The highest BCUT2D eigenvalue weighted by molar-refractivity contribution is 5.94. The van der Waals surface area contributed by atoms with Gasteiger partial charge in [-0.25, -0.2) is 4.79 Å². The monoisotopic (exact) mass is 346 g/mol. The maximum atomic E-state index is 12.4. The van der Waals surface area contributed by atoms with E-state index >= 15 is 0 Å². The van der Waals surface area contributed by atoms with Crippen LogP contribution in [-0.2, 0) is 14.3 Å². The van der Waals surface area contributed by atoms with Crippen LogP contribution in [0.4, 0.5) is 5.69 Å². The molecule has 25 heavy (non-hydrogen) atoms. The molecule has 1 fully saturated rings. The summed E-state index contributed by atoms with van der Waals surface area (Å²) in [7, 11) is 1.32. The van der Waals surface area contributed by atoms with Crippen molar-refractivity contribution in [2.45, 2.75) is 33.1 Å². The van der Waals surface area contributed by atoms with E-state index in [0.29, 0.717) is 30.1 Å². The second-order valence-electron chi connectivity index (χ2n) is 6.55. The molecule has 0 spiro atoms. The van der Waals surface area contributed by atoms with E-state index in [4.69, 9.17) is 0 Å². The number of ether oxygens (including phenoxy) is 1. The molecule has 1 aliphatic heterocycles. The number of rotatable bonds is 5. The number of esters is 1. The Kier molecular flexibility index (Phi) is 6.56. The molecule has 136 valence electrons. The van der Waals surface area contributed by atoms with Gasteiger partial charge in [0.25, 0.3) is 0 Å². The zero-order valence-corrected chi connectivity index (χ0v) is 15.2. The summed E-state index contributed by atoms with van der Waals surface area (Å²) >= 11 is 0. The van der Waals surface area contributed by atoms with E-state index in [1.165, 1.54) is 14.0 Å². The van der Waals surface area contributed by atoms with E-state index in [2.05, 4.69) is 11.7 Å². The van der Waals surface area contributed by atoms with Crippen molar-refractivity contribution in [2.75, 3.05) is 31.6 Å². The summed E-state index contributed by atoms with van der Waals surface area (Å²) in [6, 6.07) is 6.62. The zero-order valence-electron chi connectivity index (χ0n) is 15.2. The Morgan fingerprint density at radius 2 is 1.92 bits per heavy atom. The zero-order chi connectivity index (χ0) is 18.4. The van der Waals surface area contributed by atoms with E-state index in [1.807, 2.05) is 4.90 Å². The number of amides is 2. The molecule has 1 aliphatic rings. The number of nitrogens with zero attached hydrogens (tertiary/aromatic N) is 2. The molecule has 0 saturated carbocycles. The first-order chi connectivity index (χ1) is 11.9. The van der Waals surface area contributed by atoms with Gasteiger partial charge in [-0.2, -0.15) is 0 Å². The van der Waals surface area contributed by atoms with Gasteiger partial charge >= 0.3 is 5.97 Å². The molecule has 1 unspecified atom stereocenters. The predicted octanol–water partition coefficient (Wildman–Crippen LogP) is 2.47. The number of likely N-dealkylation sites (tertiary alicyclic amines) is 1. The maximum absolute atomic E-state index is 12.4. The normalized spacial score (nSPS) is 17.1. The minimum Gasteiger partial charge on any atom is -0.465 e. The fraction of sp³-hybridized carbons (Fsp3) is 0.526. The van der Waals surface area contributed by atoms with Gasteiger partial charge in [0, 0.05) is 38.7 Å². The van der Waals surface area contributed by atoms with E-state index in [1.54, 1.807) is 29.2 Å². The Balaban J connectivity index is 2.00. The SMILES string of the molecule is COC(=O)c1ccc(N(CCC(=O)N2CCCC(C)C2)C(C)=O)cc1. The lowest BCUT2D eigenvalue weighted by Crippen LogP contribution is -2.41. The summed E-state index contributed by atoms with van der Waals surface area (Å²) in [5.41, 5.74) is 1.09. The Morgan fingerprint density at radius 3 is 2.48 bits per heavy atom. The summed E-state index contributed by atoms with van der Waals surface area (Å²) in [6.07, 6.45) is 2.50. The third-order valence-electron chi connectivity index (χ3n) is 4.54. The molecular weight excluding hydrogens is 320 g/mol. The van der Waals surface area contributed by atoms with Gasteiger partial charge in [-0.15, -0.1) is 0 Å². The van der Waals surface area contributed by atoms with E-state index in [9.17, 15) is 14.4 Å². The third-order valence-corrected chi connectivity index (χ3v) is 4.54. The highest BCUT2D eigenvalue weighted by atomic mass is 16.5. The van der Waals surface area contributed by atoms with Crippen LogP contribution in [0.1, 0.15) is 43.5 Å². The average molecular weight is 346 g/mol. The largest absolute Gasteiger partial charge is 0.465 e. The Hall–Kier alpha value is -2.37. The lowest BCUT2D eigenvalue weighted by molar-refractivity contribution is -0.132. The van der Waals surface area contributed by atoms with Crippen LogP contribution in [0.25, 0.3) is 0 Å². The van der Waals surface area contributed by atoms with Crippen LogP contribution in [0.3, 0.4) is 0 Å². The molecule has 1 atom stereocenters. The van der Waals surface area contributed by atoms with Crippen LogP contribution in [0, 0.1) is 5.92 Å². The first-order valence-electron chi connectivity index (χ1n) is 8.66. The summed E-state index contributed by atoms with van der Waals surface area (Å²) in [5.74, 6) is 0.0670. The molecular formula is C19H26N2O4. The van der Waals surface area contributed by atoms with Crippen molar-refractivity contribution in [1.82, 2.24) is 4.90 Å². The van der Waals surface area contributed by atoms with Gasteiger partial charge in [-0.3, -0.25) is 9.59 Å². The van der Waals surface area contributed by atoms with Crippen LogP contribution in [-0.4, -0.2) is 49.4 Å². The van der Waals surface area contributed by atoms with Crippen molar-refractivity contribution in [3.05, 3.63) is 29.8 Å². The molecule has 0 aromatic heterocycles. The lowest BCUT2D eigenvalue weighted by atomic mass is 10.00. The second-order valence-corrected chi connectivity index (χ2v) is 6.55. The number of carbonyl (C=O) groups excluding carboxylic acids is 3. The Bertz CT molecular complexity index is 627. The molecule has 0 bridgehead atoms. The summed E-state index contributed by atoms with van der Waals surface area (Å²) < 4.78 is 4.67. The van der Waals surface area contributed by atoms with Crippen LogP contribution in [0.15, 0.2) is 24.3 Å². The number of piperidine rings is 1. The minimum atomic E-state index is -0.421. The first-order valence-corrected chi connectivity index (χ1v) is 8.66. The molecule has 0 N–H and O–H groups in total. The van der Waals surface area contributed by atoms with Crippen molar-refractivity contribution in [3.63, 3.8) is 0 Å². The third kappa shape index (κ3) is 5.05. The van der Waals surface area contributed by atoms with E-state index < -0.39 is 5.97 Å². The molecule has 6 nitrogen and oxygen atoms in total. The Morgan fingerprint density at radius 1 is 1.24 bits per heavy atom. The number of methoxy groups -OCH3 is 1. The molecule has 6 heteroatoms. The molecule has 1 aromatic rings. The van der Waals surface area contributed by atoms with Crippen molar-refractivity contribution >= 4 is 23.5 Å². The minimum absolute atomic E-state index is 0.0870. The number of anilines is 1. The van der Waals surface area contributed by atoms with Crippen LogP contribution in [0.5, 0.6) is 0 Å². The van der Waals surface area contributed by atoms with Gasteiger partial charge in [-0.05, 0) is 43.0 Å². The molecule has 2 amide bonds. The molecule has 1 heterocycles. The number of benzene rings is 1. The molecule has 1 saturated heterocycles. The molecule has 1 aromatic carbocycles. The summed E-state index contributed by atoms with van der Waals surface area (Å²) in [5, 5.41) is 0. The highest BCUT2D eigenvalue weighted by Crippen LogP contribution is 2.19. The highest BCUT2D eigenvalue weighted by Gasteiger charge is 2.22. The summed E-state index contributed by atoms with van der Waals surface area (Å²) in [4.78, 5) is 39.3. The van der Waals surface area contributed by atoms with Gasteiger partial charge in [-0.1, -0.05) is 6.92 Å². The predicted molar refractivity (Wildman–Crippen MR) is 95.4 cm³/mol. The van der Waals surface area contributed by atoms with E-state index in [-0.39, 0.29) is 11.8 Å².